The Kier molecular flexibility index (Phi) is 2.98. The van der Waals surface area contributed by atoms with Crippen molar-refractivity contribution >= 4 is 11.6 Å². The van der Waals surface area contributed by atoms with Gasteiger partial charge in [-0.1, -0.05) is 31.4 Å². The predicted octanol–water partition coefficient (Wildman–Crippen LogP) is 3.09. The fraction of sp³-hybridized carbons (Fsp3) is 0.533. The topological polar surface area (TPSA) is 32.3 Å². The highest BCUT2D eigenvalue weighted by molar-refractivity contribution is 6.01. The lowest BCUT2D eigenvalue weighted by molar-refractivity contribution is 0.0658. The van der Waals surface area contributed by atoms with Gasteiger partial charge in [-0.2, -0.15) is 0 Å². The van der Waals surface area contributed by atoms with Gasteiger partial charge in [0.2, 0.25) is 0 Å². The molecule has 1 aliphatic carbocycles. The maximum absolute atomic E-state index is 12.4. The Balaban J connectivity index is 1.88. The van der Waals surface area contributed by atoms with E-state index in [1.54, 1.807) is 0 Å². The molecule has 0 unspecified atom stereocenters. The van der Waals surface area contributed by atoms with Gasteiger partial charge in [0.05, 0.1) is 5.56 Å². The molecule has 0 bridgehead atoms. The van der Waals surface area contributed by atoms with Crippen molar-refractivity contribution in [1.82, 2.24) is 4.90 Å². The van der Waals surface area contributed by atoms with Crippen molar-refractivity contribution in [1.29, 1.82) is 0 Å². The quantitative estimate of drug-likeness (QED) is 0.823. The minimum absolute atomic E-state index is 0.153. The fourth-order valence-electron chi connectivity index (χ4n) is 3.25. The van der Waals surface area contributed by atoms with E-state index in [4.69, 9.17) is 0 Å². The van der Waals surface area contributed by atoms with Crippen molar-refractivity contribution < 1.29 is 4.79 Å². The minimum Gasteiger partial charge on any atom is -0.364 e. The number of benzene rings is 1. The van der Waals surface area contributed by atoms with E-state index in [9.17, 15) is 4.79 Å². The van der Waals surface area contributed by atoms with Gasteiger partial charge < -0.3 is 10.2 Å². The number of nitrogens with one attached hydrogen (secondary N) is 1. The highest BCUT2D eigenvalue weighted by Crippen LogP contribution is 2.33. The monoisotopic (exact) mass is 244 g/mol. The van der Waals surface area contributed by atoms with Crippen molar-refractivity contribution in [2.45, 2.75) is 38.3 Å². The standard InChI is InChI=1S/C15H20N2O/c1-17-14(11-7-3-2-4-8-11)16-13-10-6-5-9-12(13)15(17)18/h5-6,9-11,14,16H,2-4,7-8H2,1H3/t14-/m1/s1. The number of nitrogens with zero attached hydrogens (tertiary/aromatic N) is 1. The van der Waals surface area contributed by atoms with Crippen molar-refractivity contribution in [3.8, 4) is 0 Å². The highest BCUT2D eigenvalue weighted by atomic mass is 16.2. The Bertz CT molecular complexity index is 452. The number of para-hydroxylation sites is 1. The maximum Gasteiger partial charge on any atom is 0.257 e. The molecule has 1 aliphatic heterocycles. The van der Waals surface area contributed by atoms with Crippen LogP contribution in [-0.2, 0) is 0 Å². The lowest BCUT2D eigenvalue weighted by Crippen LogP contribution is -2.50. The Morgan fingerprint density at radius 3 is 2.67 bits per heavy atom. The summed E-state index contributed by atoms with van der Waals surface area (Å²) in [6.07, 6.45) is 6.58. The summed E-state index contributed by atoms with van der Waals surface area (Å²) in [4.78, 5) is 14.2. The Morgan fingerprint density at radius 1 is 1.17 bits per heavy atom. The van der Waals surface area contributed by atoms with Crippen molar-refractivity contribution in [3.63, 3.8) is 0 Å². The van der Waals surface area contributed by atoms with Crippen LogP contribution in [0.15, 0.2) is 24.3 Å². The summed E-state index contributed by atoms with van der Waals surface area (Å²) < 4.78 is 0. The van der Waals surface area contributed by atoms with E-state index in [1.165, 1.54) is 32.1 Å². The van der Waals surface area contributed by atoms with Crippen LogP contribution in [0.3, 0.4) is 0 Å². The largest absolute Gasteiger partial charge is 0.364 e. The molecule has 0 radical (unpaired) electrons. The van der Waals surface area contributed by atoms with Gasteiger partial charge in [0.25, 0.3) is 5.91 Å². The van der Waals surface area contributed by atoms with Crippen LogP contribution >= 0.6 is 0 Å². The molecule has 1 saturated carbocycles. The third-order valence-corrected chi connectivity index (χ3v) is 4.29. The molecular weight excluding hydrogens is 224 g/mol. The van der Waals surface area contributed by atoms with Crippen LogP contribution in [0.1, 0.15) is 42.5 Å². The van der Waals surface area contributed by atoms with Crippen LogP contribution in [0.4, 0.5) is 5.69 Å². The minimum atomic E-state index is 0.153. The van der Waals surface area contributed by atoms with E-state index >= 15 is 0 Å². The molecule has 0 spiro atoms. The smallest absolute Gasteiger partial charge is 0.257 e. The van der Waals surface area contributed by atoms with Crippen LogP contribution < -0.4 is 5.32 Å². The second-order valence-electron chi connectivity index (χ2n) is 5.45. The second kappa shape index (κ2) is 4.63. The number of fused-ring (bicyclic) bond motifs is 1. The first-order valence-electron chi connectivity index (χ1n) is 6.90. The van der Waals surface area contributed by atoms with E-state index in [0.717, 1.165) is 11.3 Å². The van der Waals surface area contributed by atoms with Gasteiger partial charge in [0.15, 0.2) is 0 Å². The average Bonchev–Trinajstić information content (AvgIpc) is 2.44. The van der Waals surface area contributed by atoms with Crippen LogP contribution in [0.2, 0.25) is 0 Å². The molecule has 2 aliphatic rings. The van der Waals surface area contributed by atoms with E-state index in [2.05, 4.69) is 5.32 Å². The lowest BCUT2D eigenvalue weighted by Gasteiger charge is -2.41. The molecular formula is C15H20N2O. The lowest BCUT2D eigenvalue weighted by atomic mass is 9.85. The second-order valence-corrected chi connectivity index (χ2v) is 5.45. The summed E-state index contributed by atoms with van der Waals surface area (Å²) >= 11 is 0. The average molecular weight is 244 g/mol. The first kappa shape index (κ1) is 11.6. The fourth-order valence-corrected chi connectivity index (χ4v) is 3.25. The van der Waals surface area contributed by atoms with Crippen molar-refractivity contribution in [2.75, 3.05) is 12.4 Å². The number of carbonyl (C=O) groups excluding carboxylic acids is 1. The molecule has 1 heterocycles. The van der Waals surface area contributed by atoms with Gasteiger partial charge in [-0.3, -0.25) is 4.79 Å². The number of hydrogen-bond donors (Lipinski definition) is 1. The first-order valence-corrected chi connectivity index (χ1v) is 6.90. The number of hydrogen-bond acceptors (Lipinski definition) is 2. The SMILES string of the molecule is CN1C(=O)c2ccccc2N[C@H]1C1CCCCC1. The molecule has 18 heavy (non-hydrogen) atoms. The molecule has 3 heteroatoms. The van der Waals surface area contributed by atoms with Crippen LogP contribution in [0.25, 0.3) is 0 Å². The Labute approximate surface area is 108 Å². The van der Waals surface area contributed by atoms with Gasteiger partial charge in [-0.15, -0.1) is 0 Å². The summed E-state index contributed by atoms with van der Waals surface area (Å²) in [5, 5.41) is 3.55. The molecule has 1 fully saturated rings. The van der Waals surface area contributed by atoms with E-state index in [-0.39, 0.29) is 12.1 Å². The van der Waals surface area contributed by atoms with Crippen molar-refractivity contribution in [3.05, 3.63) is 29.8 Å². The Morgan fingerprint density at radius 2 is 1.89 bits per heavy atom. The summed E-state index contributed by atoms with van der Waals surface area (Å²) in [5.41, 5.74) is 1.79. The van der Waals surface area contributed by atoms with E-state index in [0.29, 0.717) is 5.92 Å². The van der Waals surface area contributed by atoms with E-state index < -0.39 is 0 Å². The summed E-state index contributed by atoms with van der Waals surface area (Å²) in [6.45, 7) is 0. The van der Waals surface area contributed by atoms with Crippen LogP contribution in [0.5, 0.6) is 0 Å². The van der Waals surface area contributed by atoms with Gasteiger partial charge in [0.1, 0.15) is 6.17 Å². The van der Waals surface area contributed by atoms with Gasteiger partial charge in [-0.25, -0.2) is 0 Å². The third kappa shape index (κ3) is 1.88. The van der Waals surface area contributed by atoms with Crippen LogP contribution in [0, 0.1) is 5.92 Å². The highest BCUT2D eigenvalue weighted by Gasteiger charge is 2.34. The van der Waals surface area contributed by atoms with E-state index in [1.807, 2.05) is 36.2 Å². The predicted molar refractivity (Wildman–Crippen MR) is 72.5 cm³/mol. The Hall–Kier alpha value is -1.51. The van der Waals surface area contributed by atoms with Gasteiger partial charge >= 0.3 is 0 Å². The summed E-state index contributed by atoms with van der Waals surface area (Å²) in [7, 11) is 1.92. The molecule has 0 saturated heterocycles. The number of anilines is 1. The normalized spacial score (nSPS) is 24.6. The molecule has 96 valence electrons. The summed E-state index contributed by atoms with van der Waals surface area (Å²) in [5.74, 6) is 0.751. The molecule has 3 rings (SSSR count). The number of carbonyl (C=O) groups is 1. The zero-order valence-corrected chi connectivity index (χ0v) is 10.9. The van der Waals surface area contributed by atoms with Crippen molar-refractivity contribution in [2.24, 2.45) is 5.92 Å². The third-order valence-electron chi connectivity index (χ3n) is 4.29. The first-order chi connectivity index (χ1) is 8.77. The van der Waals surface area contributed by atoms with Gasteiger partial charge in [-0.05, 0) is 30.9 Å². The molecule has 1 N–H and O–H groups in total. The summed E-state index contributed by atoms with van der Waals surface area (Å²) in [6, 6.07) is 7.82. The molecule has 3 nitrogen and oxygen atoms in total. The zero-order valence-electron chi connectivity index (χ0n) is 10.9. The maximum atomic E-state index is 12.4. The molecule has 1 atom stereocenters. The molecule has 1 amide bonds. The molecule has 1 aromatic carbocycles. The van der Waals surface area contributed by atoms with Crippen LogP contribution in [-0.4, -0.2) is 24.0 Å². The molecule has 0 aromatic heterocycles. The molecule has 1 aromatic rings. The zero-order chi connectivity index (χ0) is 12.5. The van der Waals surface area contributed by atoms with Gasteiger partial charge in [0, 0.05) is 12.7 Å². The number of rotatable bonds is 1. The number of amides is 1.